The topological polar surface area (TPSA) is 93.8 Å². The first kappa shape index (κ1) is 11.3. The fourth-order valence-electron chi connectivity index (χ4n) is 2.15. The Morgan fingerprint density at radius 3 is 2.94 bits per heavy atom. The number of carboxylic acid groups (broad SMARTS) is 1. The number of carboxylic acids is 1. The highest BCUT2D eigenvalue weighted by molar-refractivity contribution is 7.07. The van der Waals surface area contributed by atoms with Gasteiger partial charge in [-0.2, -0.15) is 0 Å². The van der Waals surface area contributed by atoms with Crippen molar-refractivity contribution >= 4 is 17.3 Å². The van der Waals surface area contributed by atoms with Crippen LogP contribution in [0.5, 0.6) is 0 Å². The van der Waals surface area contributed by atoms with Crippen LogP contribution in [0.1, 0.15) is 19.3 Å². The molecule has 0 aliphatic heterocycles. The fraction of sp³-hybridized carbons (Fsp3) is 0.500. The first-order valence-electron chi connectivity index (χ1n) is 5.59. The monoisotopic (exact) mass is 265 g/mol. The van der Waals surface area contributed by atoms with Crippen LogP contribution in [-0.2, 0) is 11.3 Å². The Hall–Kier alpha value is -1.83. The van der Waals surface area contributed by atoms with Crippen LogP contribution in [0.3, 0.4) is 0 Å². The minimum Gasteiger partial charge on any atom is -0.481 e. The minimum absolute atomic E-state index is 0.308. The number of aromatic nitrogens is 5. The van der Waals surface area contributed by atoms with Gasteiger partial charge in [-0.15, -0.1) is 16.4 Å². The predicted molar refractivity (Wildman–Crippen MR) is 62.8 cm³/mol. The summed E-state index contributed by atoms with van der Waals surface area (Å²) in [4.78, 5) is 15.5. The number of carbonyl (C=O) groups is 1. The first-order chi connectivity index (χ1) is 8.71. The van der Waals surface area contributed by atoms with Gasteiger partial charge in [-0.3, -0.25) is 4.79 Å². The Morgan fingerprint density at radius 2 is 2.39 bits per heavy atom. The average Bonchev–Trinajstić information content (AvgIpc) is 2.93. The van der Waals surface area contributed by atoms with E-state index < -0.39 is 11.4 Å². The summed E-state index contributed by atoms with van der Waals surface area (Å²) >= 11 is 1.45. The highest BCUT2D eigenvalue weighted by atomic mass is 32.1. The molecule has 1 fully saturated rings. The molecule has 1 aliphatic rings. The van der Waals surface area contributed by atoms with E-state index in [4.69, 9.17) is 0 Å². The van der Waals surface area contributed by atoms with Crippen molar-refractivity contribution in [3.8, 4) is 11.5 Å². The average molecular weight is 265 g/mol. The number of hydrogen-bond donors (Lipinski definition) is 1. The van der Waals surface area contributed by atoms with Gasteiger partial charge in [0.2, 0.25) is 5.82 Å². The molecule has 7 nitrogen and oxygen atoms in total. The van der Waals surface area contributed by atoms with Crippen LogP contribution in [0.4, 0.5) is 0 Å². The van der Waals surface area contributed by atoms with Gasteiger partial charge >= 0.3 is 5.97 Å². The van der Waals surface area contributed by atoms with Gasteiger partial charge in [0.15, 0.2) is 0 Å². The van der Waals surface area contributed by atoms with Crippen molar-refractivity contribution in [2.45, 2.75) is 25.8 Å². The number of nitrogens with zero attached hydrogens (tertiary/aromatic N) is 5. The standard InChI is InChI=1S/C10H11N5O2S/c16-9(17)10(2-1-3-10)5-15-8(12-13-14-15)7-4-18-6-11-7/h4,6H,1-3,5H2,(H,16,17). The lowest BCUT2D eigenvalue weighted by molar-refractivity contribution is -0.156. The van der Waals surface area contributed by atoms with E-state index in [2.05, 4.69) is 20.5 Å². The highest BCUT2D eigenvalue weighted by Gasteiger charge is 2.45. The summed E-state index contributed by atoms with van der Waals surface area (Å²) in [6.07, 6.45) is 2.30. The fourth-order valence-corrected chi connectivity index (χ4v) is 2.68. The Morgan fingerprint density at radius 1 is 1.56 bits per heavy atom. The van der Waals surface area contributed by atoms with Crippen LogP contribution in [0.2, 0.25) is 0 Å². The van der Waals surface area contributed by atoms with E-state index in [1.165, 1.54) is 11.3 Å². The molecule has 94 valence electrons. The summed E-state index contributed by atoms with van der Waals surface area (Å²) < 4.78 is 1.54. The lowest BCUT2D eigenvalue weighted by Crippen LogP contribution is -2.42. The molecule has 0 atom stereocenters. The molecule has 3 rings (SSSR count). The number of tetrazole rings is 1. The van der Waals surface area contributed by atoms with E-state index in [9.17, 15) is 9.90 Å². The van der Waals surface area contributed by atoms with Crippen molar-refractivity contribution in [2.75, 3.05) is 0 Å². The molecule has 0 aromatic carbocycles. The Bertz CT molecular complexity index is 561. The van der Waals surface area contributed by atoms with Gasteiger partial charge in [-0.05, 0) is 23.3 Å². The van der Waals surface area contributed by atoms with E-state index >= 15 is 0 Å². The summed E-state index contributed by atoms with van der Waals surface area (Å²) in [5.74, 6) is -0.239. The molecular formula is C10H11N5O2S. The predicted octanol–water partition coefficient (Wildman–Crippen LogP) is 1.05. The largest absolute Gasteiger partial charge is 0.481 e. The first-order valence-corrected chi connectivity index (χ1v) is 6.54. The van der Waals surface area contributed by atoms with Gasteiger partial charge in [0.25, 0.3) is 0 Å². The second kappa shape index (κ2) is 4.13. The van der Waals surface area contributed by atoms with Crippen LogP contribution in [0.15, 0.2) is 10.9 Å². The van der Waals surface area contributed by atoms with Gasteiger partial charge in [0.1, 0.15) is 5.69 Å². The smallest absolute Gasteiger partial charge is 0.311 e. The minimum atomic E-state index is -0.770. The molecule has 0 saturated heterocycles. The van der Waals surface area contributed by atoms with E-state index in [1.807, 2.05) is 5.38 Å². The summed E-state index contributed by atoms with van der Waals surface area (Å²) in [5, 5.41) is 22.6. The quantitative estimate of drug-likeness (QED) is 0.888. The lowest BCUT2D eigenvalue weighted by atomic mass is 9.69. The summed E-state index contributed by atoms with van der Waals surface area (Å²) in [7, 11) is 0. The van der Waals surface area contributed by atoms with E-state index in [-0.39, 0.29) is 0 Å². The van der Waals surface area contributed by atoms with Crippen molar-refractivity contribution in [3.05, 3.63) is 10.9 Å². The van der Waals surface area contributed by atoms with E-state index in [1.54, 1.807) is 10.2 Å². The molecule has 0 bridgehead atoms. The molecule has 0 spiro atoms. The molecule has 0 amide bonds. The van der Waals surface area contributed by atoms with Crippen molar-refractivity contribution in [2.24, 2.45) is 5.41 Å². The second-order valence-electron chi connectivity index (χ2n) is 4.47. The molecule has 8 heteroatoms. The molecule has 2 aromatic rings. The van der Waals surface area contributed by atoms with Crippen LogP contribution >= 0.6 is 11.3 Å². The maximum absolute atomic E-state index is 11.3. The van der Waals surface area contributed by atoms with Crippen LogP contribution < -0.4 is 0 Å². The number of thiazole rings is 1. The second-order valence-corrected chi connectivity index (χ2v) is 5.19. The summed E-state index contributed by atoms with van der Waals surface area (Å²) in [5.41, 5.74) is 1.68. The van der Waals surface area contributed by atoms with Gasteiger partial charge in [-0.25, -0.2) is 9.67 Å². The van der Waals surface area contributed by atoms with Crippen LogP contribution in [0.25, 0.3) is 11.5 Å². The zero-order valence-electron chi connectivity index (χ0n) is 9.48. The van der Waals surface area contributed by atoms with Crippen LogP contribution in [0, 0.1) is 5.41 Å². The summed E-state index contributed by atoms with van der Waals surface area (Å²) in [6, 6.07) is 0. The molecule has 0 radical (unpaired) electrons. The SMILES string of the molecule is O=C(O)C1(Cn2nnnc2-c2cscn2)CCC1. The normalized spacial score (nSPS) is 17.3. The molecule has 1 N–H and O–H groups in total. The Balaban J connectivity index is 1.90. The zero-order valence-corrected chi connectivity index (χ0v) is 10.3. The van der Waals surface area contributed by atoms with Gasteiger partial charge < -0.3 is 5.11 Å². The van der Waals surface area contributed by atoms with Gasteiger partial charge in [-0.1, -0.05) is 6.42 Å². The van der Waals surface area contributed by atoms with Gasteiger partial charge in [0, 0.05) is 5.38 Å². The maximum Gasteiger partial charge on any atom is 0.311 e. The van der Waals surface area contributed by atoms with Crippen molar-refractivity contribution in [3.63, 3.8) is 0 Å². The molecule has 18 heavy (non-hydrogen) atoms. The number of hydrogen-bond acceptors (Lipinski definition) is 6. The molecule has 2 heterocycles. The Labute approximate surface area is 106 Å². The molecule has 1 aliphatic carbocycles. The van der Waals surface area contributed by atoms with E-state index in [0.29, 0.717) is 30.9 Å². The van der Waals surface area contributed by atoms with E-state index in [0.717, 1.165) is 6.42 Å². The molecular weight excluding hydrogens is 254 g/mol. The molecule has 0 unspecified atom stereocenters. The molecule has 2 aromatic heterocycles. The summed E-state index contributed by atoms with van der Waals surface area (Å²) in [6.45, 7) is 0.308. The van der Waals surface area contributed by atoms with Gasteiger partial charge in [0.05, 0.1) is 17.5 Å². The Kier molecular flexibility index (Phi) is 2.58. The van der Waals surface area contributed by atoms with Crippen LogP contribution in [-0.4, -0.2) is 36.3 Å². The zero-order chi connectivity index (χ0) is 12.6. The number of aliphatic carboxylic acids is 1. The number of rotatable bonds is 4. The lowest BCUT2D eigenvalue weighted by Gasteiger charge is -2.37. The van der Waals surface area contributed by atoms with Crippen molar-refractivity contribution in [1.82, 2.24) is 25.2 Å². The third-order valence-electron chi connectivity index (χ3n) is 3.41. The third-order valence-corrected chi connectivity index (χ3v) is 4.00. The van der Waals surface area contributed by atoms with Crippen molar-refractivity contribution < 1.29 is 9.90 Å². The maximum atomic E-state index is 11.3. The highest BCUT2D eigenvalue weighted by Crippen LogP contribution is 2.42. The third kappa shape index (κ3) is 1.69. The molecule has 1 saturated carbocycles. The van der Waals surface area contributed by atoms with Crippen molar-refractivity contribution in [1.29, 1.82) is 0 Å².